The maximum Gasteiger partial charge on any atom is 0.411 e. The second-order valence-corrected chi connectivity index (χ2v) is 11.7. The van der Waals surface area contributed by atoms with Crippen LogP contribution in [0.3, 0.4) is 0 Å². The van der Waals surface area contributed by atoms with Crippen molar-refractivity contribution in [3.63, 3.8) is 0 Å². The zero-order valence-electron chi connectivity index (χ0n) is 24.1. The van der Waals surface area contributed by atoms with E-state index in [-0.39, 0.29) is 6.09 Å². The van der Waals surface area contributed by atoms with E-state index < -0.39 is 0 Å². The summed E-state index contributed by atoms with van der Waals surface area (Å²) in [5.41, 5.74) is 6.79. The van der Waals surface area contributed by atoms with Gasteiger partial charge < -0.3 is 15.0 Å². The summed E-state index contributed by atoms with van der Waals surface area (Å²) in [6.45, 7) is 1.48. The minimum atomic E-state index is -0.381. The molecule has 0 atom stereocenters. The van der Waals surface area contributed by atoms with E-state index in [1.54, 1.807) is 0 Å². The van der Waals surface area contributed by atoms with Gasteiger partial charge in [0.25, 0.3) is 0 Å². The van der Waals surface area contributed by atoms with E-state index in [1.165, 1.54) is 86.5 Å². The third kappa shape index (κ3) is 8.38. The molecule has 1 amide bonds. The average molecular weight is 575 g/mol. The number of nitrogens with one attached hydrogen (secondary N) is 3. The van der Waals surface area contributed by atoms with Crippen molar-refractivity contribution in [3.05, 3.63) is 64.9 Å². The molecule has 0 bridgehead atoms. The largest absolute Gasteiger partial charge is 0.449 e. The van der Waals surface area contributed by atoms with Gasteiger partial charge in [0, 0.05) is 51.1 Å². The number of aryl methyl sites for hydroxylation is 1. The van der Waals surface area contributed by atoms with Crippen molar-refractivity contribution in [3.8, 4) is 0 Å². The van der Waals surface area contributed by atoms with Gasteiger partial charge in [-0.15, -0.1) is 0 Å². The second-order valence-electron chi connectivity index (χ2n) is 11.3. The topological polar surface area (TPSA) is 79.0 Å². The normalized spacial score (nSPS) is 12.9. The number of anilines is 2. The Morgan fingerprint density at radius 1 is 0.878 bits per heavy atom. The number of unbranched alkanes of at least 4 members (excludes halogenated alkanes) is 9. The Hall–Kier alpha value is -3.25. The molecule has 1 aliphatic rings. The Morgan fingerprint density at radius 2 is 1.63 bits per heavy atom. The summed E-state index contributed by atoms with van der Waals surface area (Å²) in [7, 11) is 0. The number of aromatic amines is 1. The van der Waals surface area contributed by atoms with Crippen LogP contribution in [0.2, 0.25) is 5.02 Å². The van der Waals surface area contributed by atoms with E-state index in [2.05, 4.69) is 21.7 Å². The molecule has 0 unspecified atom stereocenters. The summed E-state index contributed by atoms with van der Waals surface area (Å²) in [6.07, 6.45) is 18.3. The van der Waals surface area contributed by atoms with E-state index in [0.29, 0.717) is 6.61 Å². The van der Waals surface area contributed by atoms with Crippen LogP contribution in [-0.4, -0.2) is 29.2 Å². The first-order chi connectivity index (χ1) is 20.2. The molecule has 6 nitrogen and oxygen atoms in total. The molecule has 0 saturated heterocycles. The number of hydrogen-bond donors (Lipinski definition) is 3. The third-order valence-corrected chi connectivity index (χ3v) is 8.37. The summed E-state index contributed by atoms with van der Waals surface area (Å²) in [5, 5.41) is 9.61. The first kappa shape index (κ1) is 29.2. The number of hydrogen-bond acceptors (Lipinski definition) is 4. The second kappa shape index (κ2) is 15.1. The molecular weight excluding hydrogens is 532 g/mol. The zero-order valence-corrected chi connectivity index (χ0v) is 24.8. The molecule has 3 N–H and O–H groups in total. The van der Waals surface area contributed by atoms with Crippen molar-refractivity contribution in [1.82, 2.24) is 9.97 Å². The standard InChI is InChI=1S/C34H43ClN4O2/c35-26-15-17-29-32(24-26)39-31-14-10-9-13-28(31)33(29)37-20-11-7-5-3-1-2-4-6-8-12-22-41-34(40)38-27-16-18-30-25(23-27)19-21-36-30/h15-19,21,23-24,36H,1-14,20,22H2,(H,37,39)(H,38,40). The Bertz CT molecular complexity index is 1430. The molecule has 41 heavy (non-hydrogen) atoms. The number of amides is 1. The number of pyridine rings is 1. The summed E-state index contributed by atoms with van der Waals surface area (Å²) < 4.78 is 5.34. The Labute approximate surface area is 248 Å². The van der Waals surface area contributed by atoms with Gasteiger partial charge in [-0.25, -0.2) is 4.79 Å². The SMILES string of the molecule is O=C(Nc1ccc2[nH]ccc2c1)OCCCCCCCCCCCCNc1c2c(nc3cc(Cl)ccc13)CCCC2. The molecule has 218 valence electrons. The number of halogens is 1. The lowest BCUT2D eigenvalue weighted by Crippen LogP contribution is -2.14. The Kier molecular flexibility index (Phi) is 10.8. The van der Waals surface area contributed by atoms with Gasteiger partial charge in [-0.05, 0) is 86.6 Å². The van der Waals surface area contributed by atoms with E-state index in [4.69, 9.17) is 21.3 Å². The van der Waals surface area contributed by atoms with Crippen LogP contribution >= 0.6 is 11.6 Å². The number of aromatic nitrogens is 2. The fourth-order valence-electron chi connectivity index (χ4n) is 5.91. The molecule has 2 aromatic heterocycles. The number of rotatable bonds is 15. The molecule has 0 radical (unpaired) electrons. The van der Waals surface area contributed by atoms with Gasteiger partial charge in [0.05, 0.1) is 12.1 Å². The zero-order chi connectivity index (χ0) is 28.3. The number of carbonyl (C=O) groups is 1. The highest BCUT2D eigenvalue weighted by molar-refractivity contribution is 6.31. The highest BCUT2D eigenvalue weighted by atomic mass is 35.5. The van der Waals surface area contributed by atoms with Crippen molar-refractivity contribution >= 4 is 50.9 Å². The van der Waals surface area contributed by atoms with Crippen LogP contribution in [0.4, 0.5) is 16.2 Å². The lowest BCUT2D eigenvalue weighted by Gasteiger charge is -2.22. The maximum atomic E-state index is 12.0. The molecule has 0 saturated carbocycles. The van der Waals surface area contributed by atoms with Crippen LogP contribution < -0.4 is 10.6 Å². The molecule has 0 aliphatic heterocycles. The fourth-order valence-corrected chi connectivity index (χ4v) is 6.07. The van der Waals surface area contributed by atoms with Crippen LogP contribution in [0.5, 0.6) is 0 Å². The molecule has 4 aromatic rings. The molecule has 5 rings (SSSR count). The van der Waals surface area contributed by atoms with Gasteiger partial charge in [0.15, 0.2) is 0 Å². The first-order valence-electron chi connectivity index (χ1n) is 15.5. The fraction of sp³-hybridized carbons (Fsp3) is 0.471. The number of fused-ring (bicyclic) bond motifs is 3. The minimum absolute atomic E-state index is 0.381. The first-order valence-corrected chi connectivity index (χ1v) is 15.9. The van der Waals surface area contributed by atoms with Gasteiger partial charge in [0.2, 0.25) is 0 Å². The van der Waals surface area contributed by atoms with E-state index in [9.17, 15) is 4.79 Å². The predicted octanol–water partition coefficient (Wildman–Crippen LogP) is 9.81. The maximum absolute atomic E-state index is 12.0. The van der Waals surface area contributed by atoms with Crippen molar-refractivity contribution in [2.75, 3.05) is 23.8 Å². The summed E-state index contributed by atoms with van der Waals surface area (Å²) >= 11 is 6.25. The Morgan fingerprint density at radius 3 is 2.46 bits per heavy atom. The van der Waals surface area contributed by atoms with Crippen LogP contribution in [-0.2, 0) is 17.6 Å². The van der Waals surface area contributed by atoms with Crippen molar-refractivity contribution in [2.24, 2.45) is 0 Å². The highest BCUT2D eigenvalue weighted by Gasteiger charge is 2.18. The Balaban J connectivity index is 0.877. The number of ether oxygens (including phenoxy) is 1. The van der Waals surface area contributed by atoms with Crippen molar-refractivity contribution in [1.29, 1.82) is 0 Å². The van der Waals surface area contributed by atoms with Crippen LogP contribution in [0.15, 0.2) is 48.7 Å². The molecule has 0 fully saturated rings. The third-order valence-electron chi connectivity index (χ3n) is 8.13. The minimum Gasteiger partial charge on any atom is -0.449 e. The van der Waals surface area contributed by atoms with E-state index >= 15 is 0 Å². The van der Waals surface area contributed by atoms with Crippen LogP contribution in [0, 0.1) is 0 Å². The molecule has 2 aromatic carbocycles. The lowest BCUT2D eigenvalue weighted by molar-refractivity contribution is 0.159. The molecule has 2 heterocycles. The molecule has 1 aliphatic carbocycles. The number of nitrogens with zero attached hydrogens (tertiary/aromatic N) is 1. The van der Waals surface area contributed by atoms with E-state index in [1.807, 2.05) is 42.6 Å². The monoisotopic (exact) mass is 574 g/mol. The number of benzene rings is 2. The highest BCUT2D eigenvalue weighted by Crippen LogP contribution is 2.34. The molecule has 0 spiro atoms. The smallest absolute Gasteiger partial charge is 0.411 e. The van der Waals surface area contributed by atoms with Gasteiger partial charge in [-0.1, -0.05) is 63.0 Å². The average Bonchev–Trinajstić information content (AvgIpc) is 3.44. The number of H-pyrrole nitrogens is 1. The summed E-state index contributed by atoms with van der Waals surface area (Å²) in [4.78, 5) is 20.1. The lowest BCUT2D eigenvalue weighted by atomic mass is 9.92. The van der Waals surface area contributed by atoms with Crippen LogP contribution in [0.1, 0.15) is 88.3 Å². The van der Waals surface area contributed by atoms with Crippen LogP contribution in [0.25, 0.3) is 21.8 Å². The van der Waals surface area contributed by atoms with Gasteiger partial charge >= 0.3 is 6.09 Å². The number of carbonyl (C=O) groups excluding carboxylic acids is 1. The quantitative estimate of drug-likeness (QED) is 0.123. The molecule has 7 heteroatoms. The summed E-state index contributed by atoms with van der Waals surface area (Å²) in [5.74, 6) is 0. The predicted molar refractivity (Wildman–Crippen MR) is 171 cm³/mol. The van der Waals surface area contributed by atoms with Crippen molar-refractivity contribution in [2.45, 2.75) is 89.9 Å². The molecular formula is C34H43ClN4O2. The van der Waals surface area contributed by atoms with Gasteiger partial charge in [-0.3, -0.25) is 10.3 Å². The van der Waals surface area contributed by atoms with Gasteiger partial charge in [0.1, 0.15) is 0 Å². The van der Waals surface area contributed by atoms with E-state index in [0.717, 1.165) is 59.4 Å². The van der Waals surface area contributed by atoms with Gasteiger partial charge in [-0.2, -0.15) is 0 Å². The van der Waals surface area contributed by atoms with Crippen molar-refractivity contribution < 1.29 is 9.53 Å². The summed E-state index contributed by atoms with van der Waals surface area (Å²) in [6, 6.07) is 13.9.